The number of carbonyl (C=O) groups is 1. The maximum atomic E-state index is 12.5. The van der Waals surface area contributed by atoms with Crippen molar-refractivity contribution in [2.24, 2.45) is 40.4 Å². The first-order chi connectivity index (χ1) is 15.7. The van der Waals surface area contributed by atoms with Gasteiger partial charge in [-0.05, 0) is 111 Å². The first-order valence-corrected chi connectivity index (χ1v) is 13.1. The molecule has 4 aliphatic carbocycles. The lowest BCUT2D eigenvalue weighted by molar-refractivity contribution is -0.146. The molecule has 0 saturated heterocycles. The first kappa shape index (κ1) is 23.1. The van der Waals surface area contributed by atoms with Gasteiger partial charge in [-0.15, -0.1) is 0 Å². The third-order valence-electron chi connectivity index (χ3n) is 10.8. The van der Waals surface area contributed by atoms with E-state index >= 15 is 0 Å². The summed E-state index contributed by atoms with van der Waals surface area (Å²) in [6.07, 6.45) is 9.36. The number of hydrogen-bond donors (Lipinski definition) is 2. The Hall–Kier alpha value is -1.63. The van der Waals surface area contributed by atoms with E-state index in [0.717, 1.165) is 50.5 Å². The summed E-state index contributed by atoms with van der Waals surface area (Å²) in [5.41, 5.74) is 1.66. The van der Waals surface area contributed by atoms with Crippen LogP contribution >= 0.6 is 0 Å². The van der Waals surface area contributed by atoms with Gasteiger partial charge in [-0.2, -0.15) is 0 Å². The number of fused-ring (bicyclic) bond motifs is 5. The minimum Gasteiger partial charge on any atom is -0.389 e. The average molecular weight is 449 g/mol. The second-order valence-electron chi connectivity index (χ2n) is 12.3. The van der Waals surface area contributed by atoms with Crippen LogP contribution in [0.5, 0.6) is 0 Å². The molecule has 1 aromatic rings. The molecule has 33 heavy (non-hydrogen) atoms. The SMILES string of the molecule is Cc1ccc(C#CC2(O)CC[C@@]3(C)C(CC[C@H]4[C@@H]5CC[C@H](C(=O)CO)[C@@]5(C)CC[C@@H]43)C2)cc1. The fourth-order valence-electron chi connectivity index (χ4n) is 8.82. The number of aliphatic hydroxyl groups excluding tert-OH is 1. The van der Waals surface area contributed by atoms with Crippen LogP contribution in [0.15, 0.2) is 24.3 Å². The van der Waals surface area contributed by atoms with Crippen LogP contribution in [-0.2, 0) is 4.79 Å². The van der Waals surface area contributed by atoms with E-state index in [0.29, 0.717) is 23.7 Å². The molecule has 0 aliphatic heterocycles. The van der Waals surface area contributed by atoms with Gasteiger partial charge < -0.3 is 10.2 Å². The summed E-state index contributed by atoms with van der Waals surface area (Å²) in [5, 5.41) is 20.9. The molecule has 0 aromatic heterocycles. The maximum absolute atomic E-state index is 12.5. The molecule has 5 rings (SSSR count). The fraction of sp³-hybridized carbons (Fsp3) is 0.700. The Morgan fingerprint density at radius 1 is 0.970 bits per heavy atom. The van der Waals surface area contributed by atoms with Gasteiger partial charge in [0.15, 0.2) is 5.78 Å². The molecule has 4 saturated carbocycles. The molecule has 4 fully saturated rings. The molecule has 4 aliphatic rings. The minimum absolute atomic E-state index is 0.0486. The van der Waals surface area contributed by atoms with Crippen LogP contribution in [0.3, 0.4) is 0 Å². The van der Waals surface area contributed by atoms with E-state index in [1.807, 2.05) is 12.1 Å². The molecule has 0 bridgehead atoms. The highest BCUT2D eigenvalue weighted by Gasteiger charge is 2.61. The Bertz CT molecular complexity index is 970. The van der Waals surface area contributed by atoms with Gasteiger partial charge in [0.25, 0.3) is 0 Å². The summed E-state index contributed by atoms with van der Waals surface area (Å²) >= 11 is 0. The Labute approximate surface area is 199 Å². The molecular weight excluding hydrogens is 408 g/mol. The number of ketones is 1. The zero-order valence-electron chi connectivity index (χ0n) is 20.6. The Morgan fingerprint density at radius 3 is 2.42 bits per heavy atom. The molecule has 3 heteroatoms. The largest absolute Gasteiger partial charge is 0.389 e. The van der Waals surface area contributed by atoms with E-state index in [1.54, 1.807) is 0 Å². The predicted octanol–water partition coefficient (Wildman–Crippen LogP) is 5.30. The monoisotopic (exact) mass is 448 g/mol. The zero-order valence-corrected chi connectivity index (χ0v) is 20.6. The van der Waals surface area contributed by atoms with E-state index in [9.17, 15) is 15.0 Å². The van der Waals surface area contributed by atoms with E-state index in [2.05, 4.69) is 44.7 Å². The van der Waals surface area contributed by atoms with Crippen LogP contribution in [0.25, 0.3) is 0 Å². The Kier molecular flexibility index (Phi) is 5.78. The van der Waals surface area contributed by atoms with E-state index in [-0.39, 0.29) is 29.1 Å². The zero-order chi connectivity index (χ0) is 23.4. The van der Waals surface area contributed by atoms with Gasteiger partial charge in [0.1, 0.15) is 12.2 Å². The number of benzene rings is 1. The van der Waals surface area contributed by atoms with Crippen LogP contribution in [0.1, 0.15) is 82.8 Å². The van der Waals surface area contributed by atoms with Crippen molar-refractivity contribution in [3.8, 4) is 11.8 Å². The van der Waals surface area contributed by atoms with Crippen LogP contribution < -0.4 is 0 Å². The van der Waals surface area contributed by atoms with E-state index in [1.165, 1.54) is 18.4 Å². The second kappa shape index (κ2) is 8.24. The molecule has 0 amide bonds. The molecule has 0 radical (unpaired) electrons. The third-order valence-corrected chi connectivity index (χ3v) is 10.8. The smallest absolute Gasteiger partial charge is 0.161 e. The molecule has 0 spiro atoms. The van der Waals surface area contributed by atoms with Crippen molar-refractivity contribution in [1.82, 2.24) is 0 Å². The normalized spacial score (nSPS) is 44.1. The predicted molar refractivity (Wildman–Crippen MR) is 130 cm³/mol. The Morgan fingerprint density at radius 2 is 1.70 bits per heavy atom. The van der Waals surface area contributed by atoms with E-state index in [4.69, 9.17) is 0 Å². The van der Waals surface area contributed by atoms with Gasteiger partial charge in [0, 0.05) is 11.5 Å². The molecule has 2 N–H and O–H groups in total. The topological polar surface area (TPSA) is 57.5 Å². The van der Waals surface area contributed by atoms with Gasteiger partial charge in [-0.1, -0.05) is 43.4 Å². The summed E-state index contributed by atoms with van der Waals surface area (Å²) in [7, 11) is 0. The first-order valence-electron chi connectivity index (χ1n) is 13.1. The van der Waals surface area contributed by atoms with Gasteiger partial charge in [0.2, 0.25) is 0 Å². The third kappa shape index (κ3) is 3.78. The number of rotatable bonds is 2. The number of Topliss-reactive ketones (excluding diaryl/α,β-unsaturated/α-hetero) is 1. The van der Waals surface area contributed by atoms with Crippen molar-refractivity contribution in [2.75, 3.05) is 6.61 Å². The molecule has 1 aromatic carbocycles. The molecule has 3 nitrogen and oxygen atoms in total. The molecular formula is C30H40O3. The lowest BCUT2D eigenvalue weighted by Crippen LogP contribution is -2.56. The standard InChI is InChI=1S/C30H40O3/c1-20-4-6-21(7-5-20)12-15-30(33)17-16-28(2)22(18-30)8-9-23-24-10-11-26(27(32)19-31)29(24,3)14-13-25(23)28/h4-7,22-26,31,33H,8-11,13-14,16-19H2,1-3H3/t22?,23-,24-,25-,26+,28-,29-,30?/m0/s1. The number of carbonyl (C=O) groups excluding carboxylic acids is 1. The van der Waals surface area contributed by atoms with Crippen molar-refractivity contribution >= 4 is 5.78 Å². The molecule has 178 valence electrons. The van der Waals surface area contributed by atoms with Gasteiger partial charge >= 0.3 is 0 Å². The van der Waals surface area contributed by atoms with Crippen LogP contribution in [0.4, 0.5) is 0 Å². The highest BCUT2D eigenvalue weighted by molar-refractivity contribution is 5.83. The lowest BCUT2D eigenvalue weighted by Gasteiger charge is -2.61. The Balaban J connectivity index is 1.33. The van der Waals surface area contributed by atoms with Gasteiger partial charge in [0.05, 0.1) is 0 Å². The highest BCUT2D eigenvalue weighted by atomic mass is 16.3. The van der Waals surface area contributed by atoms with Crippen molar-refractivity contribution in [3.05, 3.63) is 35.4 Å². The summed E-state index contributed by atoms with van der Waals surface area (Å²) in [6, 6.07) is 8.23. The minimum atomic E-state index is -0.878. The average Bonchev–Trinajstić information content (AvgIpc) is 3.16. The van der Waals surface area contributed by atoms with Crippen LogP contribution in [0.2, 0.25) is 0 Å². The van der Waals surface area contributed by atoms with Crippen molar-refractivity contribution in [1.29, 1.82) is 0 Å². The lowest BCUT2D eigenvalue weighted by atomic mass is 9.44. The summed E-state index contributed by atoms with van der Waals surface area (Å²) in [4.78, 5) is 12.5. The number of aryl methyl sites for hydroxylation is 1. The van der Waals surface area contributed by atoms with E-state index < -0.39 is 5.60 Å². The highest BCUT2D eigenvalue weighted by Crippen LogP contribution is 2.68. The van der Waals surface area contributed by atoms with Gasteiger partial charge in [-0.3, -0.25) is 4.79 Å². The summed E-state index contributed by atoms with van der Waals surface area (Å²) < 4.78 is 0. The summed E-state index contributed by atoms with van der Waals surface area (Å²) in [5.74, 6) is 9.13. The second-order valence-corrected chi connectivity index (χ2v) is 12.3. The quantitative estimate of drug-likeness (QED) is 0.604. The number of hydrogen-bond acceptors (Lipinski definition) is 3. The molecule has 8 atom stereocenters. The van der Waals surface area contributed by atoms with Crippen LogP contribution in [0, 0.1) is 59.2 Å². The van der Waals surface area contributed by atoms with Crippen LogP contribution in [-0.4, -0.2) is 28.2 Å². The van der Waals surface area contributed by atoms with Crippen molar-refractivity contribution in [3.63, 3.8) is 0 Å². The van der Waals surface area contributed by atoms with Crippen molar-refractivity contribution < 1.29 is 15.0 Å². The number of aliphatic hydroxyl groups is 2. The molecule has 0 heterocycles. The summed E-state index contributed by atoms with van der Waals surface area (Å²) in [6.45, 7) is 6.61. The fourth-order valence-corrected chi connectivity index (χ4v) is 8.82. The molecule has 2 unspecified atom stereocenters. The van der Waals surface area contributed by atoms with Gasteiger partial charge in [-0.25, -0.2) is 0 Å². The maximum Gasteiger partial charge on any atom is 0.161 e. The van der Waals surface area contributed by atoms with Crippen molar-refractivity contribution in [2.45, 2.75) is 84.2 Å².